The van der Waals surface area contributed by atoms with Crippen LogP contribution in [-0.2, 0) is 0 Å². The Morgan fingerprint density at radius 3 is 1.03 bits per heavy atom. The molecule has 1 aromatic carbocycles. The number of pyridine rings is 3. The van der Waals surface area contributed by atoms with Gasteiger partial charge in [-0.15, -0.1) is 0 Å². The summed E-state index contributed by atoms with van der Waals surface area (Å²) in [6.45, 7) is 0. The van der Waals surface area contributed by atoms with Crippen LogP contribution in [-0.4, -0.2) is 53.8 Å². The average molecular weight is 481 g/mol. The third kappa shape index (κ3) is 5.10. The summed E-state index contributed by atoms with van der Waals surface area (Å²) in [6, 6.07) is 14.9. The smallest absolute Gasteiger partial charge is 0.258 e. The first-order valence-corrected chi connectivity index (χ1v) is 11.1. The Kier molecular flexibility index (Phi) is 7.10. The molecule has 180 valence electrons. The summed E-state index contributed by atoms with van der Waals surface area (Å²) in [5.74, 6) is -1.17. The SMILES string of the molecule is CN(C(=O)c1cc(C(=O)N(C)c2cccnc2)cc(C(=O)N(C)c2cccnc2)c1)c1cccnc1. The maximum atomic E-state index is 13.4. The van der Waals surface area contributed by atoms with E-state index in [0.717, 1.165) is 0 Å². The first kappa shape index (κ1) is 24.2. The maximum absolute atomic E-state index is 13.4. The lowest BCUT2D eigenvalue weighted by molar-refractivity contribution is 0.0992. The van der Waals surface area contributed by atoms with Crippen molar-refractivity contribution in [3.8, 4) is 0 Å². The summed E-state index contributed by atoms with van der Waals surface area (Å²) in [5, 5.41) is 0. The van der Waals surface area contributed by atoms with E-state index in [2.05, 4.69) is 15.0 Å². The molecule has 0 unspecified atom stereocenters. The third-order valence-corrected chi connectivity index (χ3v) is 5.69. The fraction of sp³-hybridized carbons (Fsp3) is 0.111. The quantitative estimate of drug-likeness (QED) is 0.417. The molecule has 3 amide bonds. The molecule has 3 aromatic heterocycles. The molecular weight excluding hydrogens is 456 g/mol. The number of anilines is 3. The molecule has 4 rings (SSSR count). The van der Waals surface area contributed by atoms with E-state index in [0.29, 0.717) is 17.1 Å². The van der Waals surface area contributed by atoms with Gasteiger partial charge in [0.05, 0.1) is 35.7 Å². The lowest BCUT2D eigenvalue weighted by atomic mass is 10.0. The molecule has 0 radical (unpaired) electrons. The van der Waals surface area contributed by atoms with Crippen LogP contribution in [0.15, 0.2) is 91.8 Å². The number of hydrogen-bond acceptors (Lipinski definition) is 6. The van der Waals surface area contributed by atoms with Gasteiger partial charge in [0.25, 0.3) is 17.7 Å². The van der Waals surface area contributed by atoms with Crippen molar-refractivity contribution in [1.29, 1.82) is 0 Å². The Morgan fingerprint density at radius 2 is 0.806 bits per heavy atom. The highest BCUT2D eigenvalue weighted by molar-refractivity contribution is 6.14. The van der Waals surface area contributed by atoms with E-state index in [1.807, 2.05) is 0 Å². The Bertz CT molecular complexity index is 1200. The predicted molar refractivity (Wildman–Crippen MR) is 137 cm³/mol. The molecule has 0 saturated heterocycles. The number of hydrogen-bond donors (Lipinski definition) is 0. The van der Waals surface area contributed by atoms with Gasteiger partial charge in [-0.2, -0.15) is 0 Å². The van der Waals surface area contributed by atoms with Crippen LogP contribution in [0, 0.1) is 0 Å². The number of carbonyl (C=O) groups excluding carboxylic acids is 3. The molecule has 0 fully saturated rings. The van der Waals surface area contributed by atoms with Gasteiger partial charge >= 0.3 is 0 Å². The standard InChI is InChI=1S/C27H24N6O3/c1-31(22-7-4-10-28-16-22)25(34)19-13-20(26(35)32(2)23-8-5-11-29-17-23)15-21(14-19)27(36)33(3)24-9-6-12-30-18-24/h4-18H,1-3H3. The summed E-state index contributed by atoms with van der Waals surface area (Å²) < 4.78 is 0. The number of carbonyl (C=O) groups is 3. The van der Waals surface area contributed by atoms with E-state index in [1.165, 1.54) is 32.9 Å². The van der Waals surface area contributed by atoms with Crippen molar-refractivity contribution in [1.82, 2.24) is 15.0 Å². The van der Waals surface area contributed by atoms with Gasteiger partial charge in [-0.1, -0.05) is 0 Å². The number of rotatable bonds is 6. The first-order valence-electron chi connectivity index (χ1n) is 11.1. The highest BCUT2D eigenvalue weighted by atomic mass is 16.2. The van der Waals surface area contributed by atoms with Crippen LogP contribution in [0.1, 0.15) is 31.1 Å². The second-order valence-electron chi connectivity index (χ2n) is 8.03. The molecule has 9 nitrogen and oxygen atoms in total. The maximum Gasteiger partial charge on any atom is 0.258 e. The monoisotopic (exact) mass is 480 g/mol. The van der Waals surface area contributed by atoms with Gasteiger partial charge in [-0.05, 0) is 54.6 Å². The van der Waals surface area contributed by atoms with Crippen molar-refractivity contribution in [2.75, 3.05) is 35.8 Å². The van der Waals surface area contributed by atoms with Gasteiger partial charge in [-0.3, -0.25) is 29.3 Å². The molecule has 0 N–H and O–H groups in total. The Balaban J connectivity index is 1.76. The molecule has 9 heteroatoms. The van der Waals surface area contributed by atoms with Crippen molar-refractivity contribution in [2.24, 2.45) is 0 Å². The van der Waals surface area contributed by atoms with Gasteiger partial charge < -0.3 is 14.7 Å². The molecular formula is C27H24N6O3. The van der Waals surface area contributed by atoms with Gasteiger partial charge in [-0.25, -0.2) is 0 Å². The van der Waals surface area contributed by atoms with Crippen LogP contribution in [0.5, 0.6) is 0 Å². The minimum atomic E-state index is -0.389. The van der Waals surface area contributed by atoms with Gasteiger partial charge in [0.1, 0.15) is 0 Å². The molecule has 0 aliphatic rings. The number of nitrogens with zero attached hydrogens (tertiary/aromatic N) is 6. The van der Waals surface area contributed by atoms with E-state index >= 15 is 0 Å². The van der Waals surface area contributed by atoms with Crippen molar-refractivity contribution < 1.29 is 14.4 Å². The van der Waals surface area contributed by atoms with E-state index in [-0.39, 0.29) is 34.4 Å². The number of aromatic nitrogens is 3. The minimum absolute atomic E-state index is 0.190. The van der Waals surface area contributed by atoms with E-state index < -0.39 is 0 Å². The minimum Gasteiger partial charge on any atom is -0.310 e. The number of amides is 3. The van der Waals surface area contributed by atoms with E-state index in [4.69, 9.17) is 0 Å². The molecule has 0 aliphatic carbocycles. The van der Waals surface area contributed by atoms with E-state index in [1.54, 1.807) is 94.7 Å². The Hall–Kier alpha value is -4.92. The topological polar surface area (TPSA) is 99.6 Å². The molecule has 0 atom stereocenters. The van der Waals surface area contributed by atoms with Crippen molar-refractivity contribution in [2.45, 2.75) is 0 Å². The molecule has 0 spiro atoms. The van der Waals surface area contributed by atoms with Crippen molar-refractivity contribution in [3.63, 3.8) is 0 Å². The van der Waals surface area contributed by atoms with Gasteiger partial charge in [0, 0.05) is 56.4 Å². The zero-order valence-corrected chi connectivity index (χ0v) is 20.1. The molecule has 3 heterocycles. The summed E-state index contributed by atoms with van der Waals surface area (Å²) >= 11 is 0. The lowest BCUT2D eigenvalue weighted by Crippen LogP contribution is -2.31. The van der Waals surface area contributed by atoms with Crippen LogP contribution in [0.4, 0.5) is 17.1 Å². The lowest BCUT2D eigenvalue weighted by Gasteiger charge is -2.21. The van der Waals surface area contributed by atoms with Crippen molar-refractivity contribution >= 4 is 34.8 Å². The van der Waals surface area contributed by atoms with Gasteiger partial charge in [0.15, 0.2) is 0 Å². The molecule has 4 aromatic rings. The fourth-order valence-corrected chi connectivity index (χ4v) is 3.59. The molecule has 36 heavy (non-hydrogen) atoms. The summed E-state index contributed by atoms with van der Waals surface area (Å²) in [4.78, 5) is 56.6. The van der Waals surface area contributed by atoms with Crippen LogP contribution >= 0.6 is 0 Å². The van der Waals surface area contributed by atoms with Gasteiger partial charge in [0.2, 0.25) is 0 Å². The largest absolute Gasteiger partial charge is 0.310 e. The third-order valence-electron chi connectivity index (χ3n) is 5.69. The summed E-state index contributed by atoms with van der Waals surface area (Å²) in [6.07, 6.45) is 9.52. The summed E-state index contributed by atoms with van der Waals surface area (Å²) in [7, 11) is 4.83. The second-order valence-corrected chi connectivity index (χ2v) is 8.03. The zero-order valence-electron chi connectivity index (χ0n) is 20.1. The normalized spacial score (nSPS) is 10.4. The fourth-order valence-electron chi connectivity index (χ4n) is 3.59. The van der Waals surface area contributed by atoms with E-state index in [9.17, 15) is 14.4 Å². The van der Waals surface area contributed by atoms with Crippen LogP contribution in [0.2, 0.25) is 0 Å². The van der Waals surface area contributed by atoms with Crippen LogP contribution in [0.3, 0.4) is 0 Å². The number of benzene rings is 1. The Morgan fingerprint density at radius 1 is 0.528 bits per heavy atom. The first-order chi connectivity index (χ1) is 17.4. The van der Waals surface area contributed by atoms with Crippen LogP contribution < -0.4 is 14.7 Å². The highest BCUT2D eigenvalue weighted by Gasteiger charge is 2.23. The predicted octanol–water partition coefficient (Wildman–Crippen LogP) is 3.70. The summed E-state index contributed by atoms with van der Waals surface area (Å²) in [5.41, 5.74) is 2.30. The average Bonchev–Trinajstić information content (AvgIpc) is 2.95. The molecule has 0 aliphatic heterocycles. The Labute approximate surface area is 208 Å². The second kappa shape index (κ2) is 10.6. The van der Waals surface area contributed by atoms with Crippen LogP contribution in [0.25, 0.3) is 0 Å². The van der Waals surface area contributed by atoms with Crippen molar-refractivity contribution in [3.05, 3.63) is 108 Å². The molecule has 0 saturated carbocycles. The highest BCUT2D eigenvalue weighted by Crippen LogP contribution is 2.22. The molecule has 0 bridgehead atoms. The zero-order chi connectivity index (χ0) is 25.7.